The molecule has 20 heavy (non-hydrogen) atoms. The molecule has 3 nitrogen and oxygen atoms in total. The summed E-state index contributed by atoms with van der Waals surface area (Å²) in [6.45, 7) is 10.4. The van der Waals surface area contributed by atoms with Crippen molar-refractivity contribution in [3.05, 3.63) is 28.2 Å². The number of rotatable bonds is 7. The maximum atomic E-state index is 9.88. The highest BCUT2D eigenvalue weighted by Crippen LogP contribution is 2.25. The monoisotopic (exact) mass is 343 g/mol. The Hall–Kier alpha value is -0.580. The molecular formula is C16H26BrNO2. The second kappa shape index (κ2) is 8.01. The van der Waals surface area contributed by atoms with E-state index in [1.807, 2.05) is 25.1 Å². The Morgan fingerprint density at radius 1 is 1.35 bits per heavy atom. The van der Waals surface area contributed by atoms with Crippen molar-refractivity contribution < 1.29 is 9.84 Å². The highest BCUT2D eigenvalue weighted by atomic mass is 79.9. The minimum Gasteiger partial charge on any atom is -0.490 e. The van der Waals surface area contributed by atoms with E-state index in [1.165, 1.54) is 5.56 Å². The largest absolute Gasteiger partial charge is 0.490 e. The Bertz CT molecular complexity index is 415. The van der Waals surface area contributed by atoms with Crippen molar-refractivity contribution in [1.29, 1.82) is 0 Å². The highest BCUT2D eigenvalue weighted by Gasteiger charge is 2.11. The molecule has 114 valence electrons. The summed E-state index contributed by atoms with van der Waals surface area (Å²) in [5, 5.41) is 13.1. The molecule has 0 aliphatic rings. The van der Waals surface area contributed by atoms with Crippen molar-refractivity contribution in [1.82, 2.24) is 5.32 Å². The minimum absolute atomic E-state index is 0.296. The normalized spacial score (nSPS) is 13.3. The van der Waals surface area contributed by atoms with E-state index in [9.17, 15) is 5.11 Å². The second-order valence-electron chi connectivity index (χ2n) is 6.41. The van der Waals surface area contributed by atoms with Gasteiger partial charge in [0.25, 0.3) is 0 Å². The van der Waals surface area contributed by atoms with Gasteiger partial charge in [-0.25, -0.2) is 0 Å². The zero-order chi connectivity index (χ0) is 15.2. The molecule has 0 bridgehead atoms. The summed E-state index contributed by atoms with van der Waals surface area (Å²) in [5.41, 5.74) is 1.50. The van der Waals surface area contributed by atoms with Crippen LogP contribution in [-0.4, -0.2) is 30.9 Å². The van der Waals surface area contributed by atoms with Crippen LogP contribution >= 0.6 is 15.9 Å². The SMILES string of the molecule is Cc1ccc(OCC(O)CNCCC(C)(C)C)c(Br)c1. The van der Waals surface area contributed by atoms with E-state index in [4.69, 9.17) is 4.74 Å². The fourth-order valence-electron chi connectivity index (χ4n) is 1.70. The third-order valence-corrected chi connectivity index (χ3v) is 3.57. The molecule has 0 saturated heterocycles. The van der Waals surface area contributed by atoms with Crippen molar-refractivity contribution in [3.8, 4) is 5.75 Å². The first-order chi connectivity index (χ1) is 9.28. The molecule has 0 aromatic heterocycles. The van der Waals surface area contributed by atoms with Gasteiger partial charge in [0.15, 0.2) is 0 Å². The number of hydrogen-bond donors (Lipinski definition) is 2. The van der Waals surface area contributed by atoms with Crippen LogP contribution in [0.3, 0.4) is 0 Å². The highest BCUT2D eigenvalue weighted by molar-refractivity contribution is 9.10. The molecular weight excluding hydrogens is 318 g/mol. The molecule has 0 amide bonds. The Balaban J connectivity index is 2.24. The first-order valence-corrected chi connectivity index (χ1v) is 7.85. The van der Waals surface area contributed by atoms with Gasteiger partial charge in [-0.15, -0.1) is 0 Å². The molecule has 0 saturated carbocycles. The molecule has 0 heterocycles. The summed E-state index contributed by atoms with van der Waals surface area (Å²) < 4.78 is 6.54. The van der Waals surface area contributed by atoms with Gasteiger partial charge in [0.05, 0.1) is 4.47 Å². The Morgan fingerprint density at radius 2 is 2.05 bits per heavy atom. The summed E-state index contributed by atoms with van der Waals surface area (Å²) in [6.07, 6.45) is 0.590. The first kappa shape index (κ1) is 17.5. The van der Waals surface area contributed by atoms with Gasteiger partial charge in [0.2, 0.25) is 0 Å². The first-order valence-electron chi connectivity index (χ1n) is 7.06. The van der Waals surface area contributed by atoms with Crippen LogP contribution in [0.2, 0.25) is 0 Å². The summed E-state index contributed by atoms with van der Waals surface area (Å²) in [5.74, 6) is 0.768. The van der Waals surface area contributed by atoms with E-state index in [0.717, 1.165) is 23.2 Å². The van der Waals surface area contributed by atoms with Gasteiger partial charge in [0, 0.05) is 6.54 Å². The van der Waals surface area contributed by atoms with Crippen molar-refractivity contribution in [2.75, 3.05) is 19.7 Å². The fraction of sp³-hybridized carbons (Fsp3) is 0.625. The number of ether oxygens (including phenoxy) is 1. The topological polar surface area (TPSA) is 41.5 Å². The van der Waals surface area contributed by atoms with Crippen molar-refractivity contribution in [3.63, 3.8) is 0 Å². The van der Waals surface area contributed by atoms with Crippen molar-refractivity contribution in [2.45, 2.75) is 40.2 Å². The Kier molecular flexibility index (Phi) is 7.00. The van der Waals surface area contributed by atoms with Gasteiger partial charge in [-0.2, -0.15) is 0 Å². The lowest BCUT2D eigenvalue weighted by molar-refractivity contribution is 0.105. The molecule has 0 aliphatic heterocycles. The number of aliphatic hydroxyl groups is 1. The predicted molar refractivity (Wildman–Crippen MR) is 87.3 cm³/mol. The van der Waals surface area contributed by atoms with Crippen LogP contribution in [0, 0.1) is 12.3 Å². The molecule has 1 aromatic rings. The molecule has 0 radical (unpaired) electrons. The van der Waals surface area contributed by atoms with E-state index < -0.39 is 6.10 Å². The van der Waals surface area contributed by atoms with Crippen LogP contribution < -0.4 is 10.1 Å². The molecule has 2 N–H and O–H groups in total. The van der Waals surface area contributed by atoms with Crippen LogP contribution in [-0.2, 0) is 0 Å². The number of halogens is 1. The van der Waals surface area contributed by atoms with Gasteiger partial charge >= 0.3 is 0 Å². The van der Waals surface area contributed by atoms with E-state index in [-0.39, 0.29) is 0 Å². The quantitative estimate of drug-likeness (QED) is 0.744. The van der Waals surface area contributed by atoms with Crippen molar-refractivity contribution >= 4 is 15.9 Å². The minimum atomic E-state index is -0.497. The van der Waals surface area contributed by atoms with E-state index >= 15 is 0 Å². The van der Waals surface area contributed by atoms with E-state index in [2.05, 4.69) is 42.0 Å². The molecule has 1 rings (SSSR count). The maximum Gasteiger partial charge on any atom is 0.133 e. The molecule has 1 unspecified atom stereocenters. The number of hydrogen-bond acceptors (Lipinski definition) is 3. The second-order valence-corrected chi connectivity index (χ2v) is 7.27. The summed E-state index contributed by atoms with van der Waals surface area (Å²) in [7, 11) is 0. The van der Waals surface area contributed by atoms with Gasteiger partial charge in [-0.3, -0.25) is 0 Å². The Morgan fingerprint density at radius 3 is 2.65 bits per heavy atom. The van der Waals surface area contributed by atoms with Crippen LogP contribution in [0.15, 0.2) is 22.7 Å². The van der Waals surface area contributed by atoms with Crippen molar-refractivity contribution in [2.24, 2.45) is 5.41 Å². The van der Waals surface area contributed by atoms with Crippen LogP contribution in [0.5, 0.6) is 5.75 Å². The number of nitrogens with one attached hydrogen (secondary N) is 1. The zero-order valence-corrected chi connectivity index (χ0v) is 14.5. The summed E-state index contributed by atoms with van der Waals surface area (Å²) in [4.78, 5) is 0. The molecule has 0 fully saturated rings. The summed E-state index contributed by atoms with van der Waals surface area (Å²) in [6, 6.07) is 5.91. The fourth-order valence-corrected chi connectivity index (χ4v) is 2.31. The molecule has 0 aliphatic carbocycles. The molecule has 0 spiro atoms. The summed E-state index contributed by atoms with van der Waals surface area (Å²) >= 11 is 3.46. The molecule has 1 aromatic carbocycles. The Labute approximate surface area is 130 Å². The third kappa shape index (κ3) is 7.27. The third-order valence-electron chi connectivity index (χ3n) is 2.95. The van der Waals surface area contributed by atoms with Gasteiger partial charge in [-0.1, -0.05) is 26.8 Å². The van der Waals surface area contributed by atoms with Gasteiger partial charge in [0.1, 0.15) is 18.5 Å². The van der Waals surface area contributed by atoms with Gasteiger partial charge < -0.3 is 15.2 Å². The predicted octanol–water partition coefficient (Wildman–Crippen LogP) is 3.52. The van der Waals surface area contributed by atoms with Crippen LogP contribution in [0.25, 0.3) is 0 Å². The molecule has 4 heteroatoms. The van der Waals surface area contributed by atoms with E-state index in [1.54, 1.807) is 0 Å². The van der Waals surface area contributed by atoms with Crippen LogP contribution in [0.1, 0.15) is 32.8 Å². The lowest BCUT2D eigenvalue weighted by Gasteiger charge is -2.19. The smallest absolute Gasteiger partial charge is 0.133 e. The zero-order valence-electron chi connectivity index (χ0n) is 12.9. The van der Waals surface area contributed by atoms with E-state index in [0.29, 0.717) is 18.6 Å². The number of benzene rings is 1. The average Bonchev–Trinajstić information content (AvgIpc) is 2.32. The van der Waals surface area contributed by atoms with Crippen LogP contribution in [0.4, 0.5) is 0 Å². The lowest BCUT2D eigenvalue weighted by Crippen LogP contribution is -2.33. The molecule has 1 atom stereocenters. The lowest BCUT2D eigenvalue weighted by atomic mass is 9.92. The average molecular weight is 344 g/mol. The number of aliphatic hydroxyl groups excluding tert-OH is 1. The maximum absolute atomic E-state index is 9.88. The number of aryl methyl sites for hydroxylation is 1. The standard InChI is InChI=1S/C16H26BrNO2/c1-12-5-6-15(14(17)9-12)20-11-13(19)10-18-8-7-16(2,3)4/h5-6,9,13,18-19H,7-8,10-11H2,1-4H3. The van der Waals surface area contributed by atoms with Gasteiger partial charge in [-0.05, 0) is 58.9 Å².